The molecule has 0 aromatic heterocycles. The predicted molar refractivity (Wildman–Crippen MR) is 80.1 cm³/mol. The molecule has 0 radical (unpaired) electrons. The van der Waals surface area contributed by atoms with Crippen molar-refractivity contribution in [1.82, 2.24) is 0 Å². The summed E-state index contributed by atoms with van der Waals surface area (Å²) in [6.45, 7) is 5.85. The van der Waals surface area contributed by atoms with Gasteiger partial charge in [0.25, 0.3) is 0 Å². The second-order valence-electron chi connectivity index (χ2n) is 5.03. The van der Waals surface area contributed by atoms with Crippen LogP contribution in [0.15, 0.2) is 54.6 Å². The van der Waals surface area contributed by atoms with Gasteiger partial charge in [0.15, 0.2) is 0 Å². The van der Waals surface area contributed by atoms with E-state index in [1.54, 1.807) is 0 Å². The lowest BCUT2D eigenvalue weighted by molar-refractivity contribution is 0.107. The summed E-state index contributed by atoms with van der Waals surface area (Å²) in [7, 11) is 0. The van der Waals surface area contributed by atoms with Crippen LogP contribution in [0, 0.1) is 0 Å². The SMILES string of the molecule is CCC(C)c1cccc(COCc2ccccc2)c1. The zero-order chi connectivity index (χ0) is 13.5. The summed E-state index contributed by atoms with van der Waals surface area (Å²) in [5, 5.41) is 0. The van der Waals surface area contributed by atoms with Crippen LogP contribution in [0.2, 0.25) is 0 Å². The molecule has 0 saturated carbocycles. The van der Waals surface area contributed by atoms with Crippen LogP contribution in [-0.4, -0.2) is 0 Å². The highest BCUT2D eigenvalue weighted by atomic mass is 16.5. The first kappa shape index (κ1) is 13.8. The standard InChI is InChI=1S/C18H22O/c1-3-15(2)18-11-7-10-17(12-18)14-19-13-16-8-5-4-6-9-16/h4-12,15H,3,13-14H2,1-2H3. The molecule has 1 heteroatoms. The fourth-order valence-electron chi connectivity index (χ4n) is 2.09. The first-order valence-corrected chi connectivity index (χ1v) is 7.00. The van der Waals surface area contributed by atoms with Gasteiger partial charge in [-0.15, -0.1) is 0 Å². The summed E-state index contributed by atoms with van der Waals surface area (Å²) in [5.41, 5.74) is 3.89. The largest absolute Gasteiger partial charge is 0.372 e. The molecule has 0 amide bonds. The Morgan fingerprint density at radius 3 is 2.32 bits per heavy atom. The Labute approximate surface area is 116 Å². The number of hydrogen-bond acceptors (Lipinski definition) is 1. The third-order valence-corrected chi connectivity index (χ3v) is 3.51. The van der Waals surface area contributed by atoms with Gasteiger partial charge in [-0.05, 0) is 29.0 Å². The Balaban J connectivity index is 1.89. The molecule has 2 aromatic rings. The van der Waals surface area contributed by atoms with Crippen LogP contribution in [0.1, 0.15) is 42.9 Å². The summed E-state index contributed by atoms with van der Waals surface area (Å²) in [6.07, 6.45) is 1.17. The van der Waals surface area contributed by atoms with Gasteiger partial charge in [-0.25, -0.2) is 0 Å². The topological polar surface area (TPSA) is 9.23 Å². The van der Waals surface area contributed by atoms with Crippen molar-refractivity contribution in [2.24, 2.45) is 0 Å². The minimum Gasteiger partial charge on any atom is -0.372 e. The molecule has 0 N–H and O–H groups in total. The van der Waals surface area contributed by atoms with Gasteiger partial charge in [-0.2, -0.15) is 0 Å². The van der Waals surface area contributed by atoms with Gasteiger partial charge in [0.1, 0.15) is 0 Å². The number of hydrogen-bond donors (Lipinski definition) is 0. The van der Waals surface area contributed by atoms with Crippen molar-refractivity contribution < 1.29 is 4.74 Å². The van der Waals surface area contributed by atoms with Crippen molar-refractivity contribution in [1.29, 1.82) is 0 Å². The molecule has 1 atom stereocenters. The lowest BCUT2D eigenvalue weighted by atomic mass is 9.97. The molecule has 19 heavy (non-hydrogen) atoms. The van der Waals surface area contributed by atoms with Crippen molar-refractivity contribution in [3.05, 3.63) is 71.3 Å². The Bertz CT molecular complexity index is 490. The molecule has 100 valence electrons. The smallest absolute Gasteiger partial charge is 0.0721 e. The van der Waals surface area contributed by atoms with Crippen molar-refractivity contribution in [2.75, 3.05) is 0 Å². The maximum absolute atomic E-state index is 5.77. The fraction of sp³-hybridized carbons (Fsp3) is 0.333. The molecule has 0 bridgehead atoms. The van der Waals surface area contributed by atoms with Gasteiger partial charge in [0.05, 0.1) is 13.2 Å². The zero-order valence-electron chi connectivity index (χ0n) is 11.8. The van der Waals surface area contributed by atoms with Crippen molar-refractivity contribution in [3.63, 3.8) is 0 Å². The summed E-state index contributed by atoms with van der Waals surface area (Å²) >= 11 is 0. The van der Waals surface area contributed by atoms with E-state index in [9.17, 15) is 0 Å². The summed E-state index contributed by atoms with van der Waals surface area (Å²) in [4.78, 5) is 0. The second kappa shape index (κ2) is 7.10. The van der Waals surface area contributed by atoms with Crippen LogP contribution in [0.3, 0.4) is 0 Å². The van der Waals surface area contributed by atoms with Gasteiger partial charge >= 0.3 is 0 Å². The van der Waals surface area contributed by atoms with E-state index in [-0.39, 0.29) is 0 Å². The highest BCUT2D eigenvalue weighted by Crippen LogP contribution is 2.20. The maximum Gasteiger partial charge on any atom is 0.0721 e. The van der Waals surface area contributed by atoms with E-state index in [4.69, 9.17) is 4.74 Å². The van der Waals surface area contributed by atoms with E-state index in [2.05, 4.69) is 50.2 Å². The molecular weight excluding hydrogens is 232 g/mol. The Hall–Kier alpha value is -1.60. The van der Waals surface area contributed by atoms with Crippen molar-refractivity contribution in [2.45, 2.75) is 39.4 Å². The Morgan fingerprint density at radius 1 is 0.895 bits per heavy atom. The minimum absolute atomic E-state index is 0.620. The maximum atomic E-state index is 5.77. The third kappa shape index (κ3) is 4.22. The molecule has 0 saturated heterocycles. The van der Waals surface area contributed by atoms with Crippen LogP contribution in [0.25, 0.3) is 0 Å². The molecule has 2 rings (SSSR count). The molecule has 1 nitrogen and oxygen atoms in total. The van der Waals surface area contributed by atoms with Gasteiger partial charge in [-0.1, -0.05) is 68.4 Å². The average molecular weight is 254 g/mol. The van der Waals surface area contributed by atoms with E-state index in [1.807, 2.05) is 18.2 Å². The number of ether oxygens (including phenoxy) is 1. The van der Waals surface area contributed by atoms with E-state index in [0.717, 1.165) is 0 Å². The molecule has 0 aliphatic rings. The predicted octanol–water partition coefficient (Wildman–Crippen LogP) is 4.92. The fourth-order valence-corrected chi connectivity index (χ4v) is 2.09. The van der Waals surface area contributed by atoms with Crippen LogP contribution in [0.5, 0.6) is 0 Å². The Morgan fingerprint density at radius 2 is 1.58 bits per heavy atom. The molecule has 1 unspecified atom stereocenters. The third-order valence-electron chi connectivity index (χ3n) is 3.51. The molecule has 0 aliphatic carbocycles. The van der Waals surface area contributed by atoms with Gasteiger partial charge in [0, 0.05) is 0 Å². The molecular formula is C18H22O. The van der Waals surface area contributed by atoms with Crippen LogP contribution in [-0.2, 0) is 18.0 Å². The molecule has 0 spiro atoms. The van der Waals surface area contributed by atoms with Gasteiger partial charge in [-0.3, -0.25) is 0 Å². The number of benzene rings is 2. The second-order valence-corrected chi connectivity index (χ2v) is 5.03. The van der Waals surface area contributed by atoms with E-state index < -0.39 is 0 Å². The minimum atomic E-state index is 0.620. The zero-order valence-corrected chi connectivity index (χ0v) is 11.8. The molecule has 0 heterocycles. The first-order chi connectivity index (χ1) is 9.29. The van der Waals surface area contributed by atoms with Crippen molar-refractivity contribution >= 4 is 0 Å². The average Bonchev–Trinajstić information content (AvgIpc) is 2.48. The lowest BCUT2D eigenvalue weighted by Gasteiger charge is -2.11. The van der Waals surface area contributed by atoms with Crippen molar-refractivity contribution in [3.8, 4) is 0 Å². The van der Waals surface area contributed by atoms with Crippen LogP contribution >= 0.6 is 0 Å². The summed E-state index contributed by atoms with van der Waals surface area (Å²) in [6, 6.07) is 19.0. The highest BCUT2D eigenvalue weighted by molar-refractivity contribution is 5.25. The monoisotopic (exact) mass is 254 g/mol. The van der Waals surface area contributed by atoms with Gasteiger partial charge in [0.2, 0.25) is 0 Å². The lowest BCUT2D eigenvalue weighted by Crippen LogP contribution is -1.97. The van der Waals surface area contributed by atoms with E-state index in [1.165, 1.54) is 23.1 Å². The molecule has 2 aromatic carbocycles. The molecule has 0 aliphatic heterocycles. The normalized spacial score (nSPS) is 12.3. The highest BCUT2D eigenvalue weighted by Gasteiger charge is 2.03. The van der Waals surface area contributed by atoms with Gasteiger partial charge < -0.3 is 4.74 Å². The van der Waals surface area contributed by atoms with Crippen LogP contribution < -0.4 is 0 Å². The van der Waals surface area contributed by atoms with E-state index in [0.29, 0.717) is 19.1 Å². The number of rotatable bonds is 6. The molecule has 0 fully saturated rings. The summed E-state index contributed by atoms with van der Waals surface area (Å²) in [5.74, 6) is 0.620. The van der Waals surface area contributed by atoms with E-state index >= 15 is 0 Å². The van der Waals surface area contributed by atoms with Crippen LogP contribution in [0.4, 0.5) is 0 Å². The Kier molecular flexibility index (Phi) is 5.17. The summed E-state index contributed by atoms with van der Waals surface area (Å²) < 4.78 is 5.77. The first-order valence-electron chi connectivity index (χ1n) is 7.00. The quantitative estimate of drug-likeness (QED) is 0.711.